The summed E-state index contributed by atoms with van der Waals surface area (Å²) in [6.07, 6.45) is 2.12. The summed E-state index contributed by atoms with van der Waals surface area (Å²) >= 11 is 0. The van der Waals surface area contributed by atoms with Crippen molar-refractivity contribution in [2.45, 2.75) is 19.9 Å². The van der Waals surface area contributed by atoms with E-state index in [1.54, 1.807) is 0 Å². The maximum atomic E-state index is 9.50. The number of aromatic nitrogens is 1. The third kappa shape index (κ3) is 3.45. The topological polar surface area (TPSA) is 68.4 Å². The SMILES string of the molecule is Cc1ccccc1OCCc1cc(CN)c(O)cn1. The van der Waals surface area contributed by atoms with Gasteiger partial charge in [-0.15, -0.1) is 0 Å². The molecule has 1 heterocycles. The van der Waals surface area contributed by atoms with Crippen LogP contribution < -0.4 is 10.5 Å². The van der Waals surface area contributed by atoms with Gasteiger partial charge in [0.1, 0.15) is 11.5 Å². The van der Waals surface area contributed by atoms with E-state index in [0.29, 0.717) is 25.1 Å². The lowest BCUT2D eigenvalue weighted by atomic mass is 10.2. The number of nitrogens with zero attached hydrogens (tertiary/aromatic N) is 1. The number of para-hydroxylation sites is 1. The van der Waals surface area contributed by atoms with E-state index in [0.717, 1.165) is 17.0 Å². The van der Waals surface area contributed by atoms with Crippen molar-refractivity contribution in [3.8, 4) is 11.5 Å². The quantitative estimate of drug-likeness (QED) is 0.862. The highest BCUT2D eigenvalue weighted by Crippen LogP contribution is 2.18. The zero-order valence-electron chi connectivity index (χ0n) is 11.0. The lowest BCUT2D eigenvalue weighted by molar-refractivity contribution is 0.318. The first kappa shape index (κ1) is 13.4. The van der Waals surface area contributed by atoms with Crippen molar-refractivity contribution in [3.63, 3.8) is 0 Å². The Morgan fingerprint density at radius 2 is 2.11 bits per heavy atom. The third-order valence-corrected chi connectivity index (χ3v) is 2.95. The van der Waals surface area contributed by atoms with Crippen LogP contribution in [-0.2, 0) is 13.0 Å². The molecule has 0 amide bonds. The predicted octanol–water partition coefficient (Wildman–Crippen LogP) is 2.18. The molecule has 0 saturated heterocycles. The first-order valence-electron chi connectivity index (χ1n) is 6.26. The van der Waals surface area contributed by atoms with E-state index >= 15 is 0 Å². The largest absolute Gasteiger partial charge is 0.506 e. The van der Waals surface area contributed by atoms with Gasteiger partial charge < -0.3 is 15.6 Å². The van der Waals surface area contributed by atoms with Gasteiger partial charge in [0.25, 0.3) is 0 Å². The summed E-state index contributed by atoms with van der Waals surface area (Å²) in [5.41, 5.74) is 8.23. The maximum Gasteiger partial charge on any atom is 0.138 e. The average Bonchev–Trinajstić information content (AvgIpc) is 2.43. The van der Waals surface area contributed by atoms with Crippen LogP contribution in [0.3, 0.4) is 0 Å². The molecule has 0 spiro atoms. The molecule has 4 nitrogen and oxygen atoms in total. The standard InChI is InChI=1S/C15H18N2O2/c1-11-4-2-3-5-15(11)19-7-6-13-8-12(9-16)14(18)10-17-13/h2-5,8,10,18H,6-7,9,16H2,1H3. The number of hydrogen-bond donors (Lipinski definition) is 2. The first-order chi connectivity index (χ1) is 9.20. The van der Waals surface area contributed by atoms with E-state index in [1.165, 1.54) is 6.20 Å². The first-order valence-corrected chi connectivity index (χ1v) is 6.26. The summed E-state index contributed by atoms with van der Waals surface area (Å²) in [5, 5.41) is 9.50. The normalized spacial score (nSPS) is 10.4. The number of aryl methyl sites for hydroxylation is 1. The van der Waals surface area contributed by atoms with Crippen LogP contribution in [0, 0.1) is 6.92 Å². The molecular weight excluding hydrogens is 240 g/mol. The zero-order chi connectivity index (χ0) is 13.7. The number of ether oxygens (including phenoxy) is 1. The number of pyridine rings is 1. The van der Waals surface area contributed by atoms with E-state index in [9.17, 15) is 5.11 Å². The summed E-state index contributed by atoms with van der Waals surface area (Å²) in [5.74, 6) is 1.03. The van der Waals surface area contributed by atoms with Crippen LogP contribution in [0.1, 0.15) is 16.8 Å². The van der Waals surface area contributed by atoms with Gasteiger partial charge in [-0.3, -0.25) is 4.98 Å². The Kier molecular flexibility index (Phi) is 4.36. The molecular formula is C15H18N2O2. The Balaban J connectivity index is 1.94. The molecule has 1 aromatic carbocycles. The van der Waals surface area contributed by atoms with Gasteiger partial charge in [0.15, 0.2) is 0 Å². The van der Waals surface area contributed by atoms with Crippen molar-refractivity contribution in [2.24, 2.45) is 5.73 Å². The number of rotatable bonds is 5. The highest BCUT2D eigenvalue weighted by atomic mass is 16.5. The van der Waals surface area contributed by atoms with Gasteiger partial charge in [-0.1, -0.05) is 18.2 Å². The second kappa shape index (κ2) is 6.20. The van der Waals surface area contributed by atoms with Crippen molar-refractivity contribution in [1.29, 1.82) is 0 Å². The Bertz CT molecular complexity index is 556. The minimum Gasteiger partial charge on any atom is -0.506 e. The molecule has 2 rings (SSSR count). The van der Waals surface area contributed by atoms with Crippen LogP contribution >= 0.6 is 0 Å². The summed E-state index contributed by atoms with van der Waals surface area (Å²) in [6.45, 7) is 2.87. The smallest absolute Gasteiger partial charge is 0.138 e. The molecule has 0 aliphatic heterocycles. The van der Waals surface area contributed by atoms with Crippen molar-refractivity contribution in [1.82, 2.24) is 4.98 Å². The van der Waals surface area contributed by atoms with Crippen LogP contribution in [0.25, 0.3) is 0 Å². The molecule has 0 aliphatic carbocycles. The predicted molar refractivity (Wildman–Crippen MR) is 74.2 cm³/mol. The van der Waals surface area contributed by atoms with Gasteiger partial charge in [0.05, 0.1) is 12.8 Å². The molecule has 0 unspecified atom stereocenters. The van der Waals surface area contributed by atoms with Gasteiger partial charge in [0, 0.05) is 24.2 Å². The molecule has 0 atom stereocenters. The van der Waals surface area contributed by atoms with E-state index < -0.39 is 0 Å². The molecule has 1 aromatic heterocycles. The Morgan fingerprint density at radius 3 is 2.84 bits per heavy atom. The molecule has 100 valence electrons. The fraction of sp³-hybridized carbons (Fsp3) is 0.267. The number of nitrogens with two attached hydrogens (primary N) is 1. The van der Waals surface area contributed by atoms with Crippen LogP contribution in [0.4, 0.5) is 0 Å². The Morgan fingerprint density at radius 1 is 1.32 bits per heavy atom. The Labute approximate surface area is 112 Å². The van der Waals surface area contributed by atoms with E-state index in [2.05, 4.69) is 4.98 Å². The second-order valence-electron chi connectivity index (χ2n) is 4.37. The molecule has 4 heteroatoms. The zero-order valence-corrected chi connectivity index (χ0v) is 11.0. The van der Waals surface area contributed by atoms with Crippen LogP contribution in [0.5, 0.6) is 11.5 Å². The lowest BCUT2D eigenvalue weighted by Gasteiger charge is -2.09. The molecule has 0 radical (unpaired) electrons. The molecule has 3 N–H and O–H groups in total. The summed E-state index contributed by atoms with van der Waals surface area (Å²) in [4.78, 5) is 4.15. The Hall–Kier alpha value is -2.07. The molecule has 0 fully saturated rings. The summed E-state index contributed by atoms with van der Waals surface area (Å²) < 4.78 is 5.71. The van der Waals surface area contributed by atoms with Crippen molar-refractivity contribution >= 4 is 0 Å². The minimum absolute atomic E-state index is 0.145. The fourth-order valence-corrected chi connectivity index (χ4v) is 1.82. The third-order valence-electron chi connectivity index (χ3n) is 2.95. The fourth-order valence-electron chi connectivity index (χ4n) is 1.82. The van der Waals surface area contributed by atoms with Gasteiger partial charge in [0.2, 0.25) is 0 Å². The molecule has 0 saturated carbocycles. The maximum absolute atomic E-state index is 9.50. The van der Waals surface area contributed by atoms with E-state index in [4.69, 9.17) is 10.5 Å². The van der Waals surface area contributed by atoms with Crippen LogP contribution in [-0.4, -0.2) is 16.7 Å². The van der Waals surface area contributed by atoms with Gasteiger partial charge in [-0.05, 0) is 24.6 Å². The number of aromatic hydroxyl groups is 1. The lowest BCUT2D eigenvalue weighted by Crippen LogP contribution is -2.05. The van der Waals surface area contributed by atoms with Crippen molar-refractivity contribution in [3.05, 3.63) is 53.3 Å². The summed E-state index contributed by atoms with van der Waals surface area (Å²) in [6, 6.07) is 9.72. The molecule has 2 aromatic rings. The van der Waals surface area contributed by atoms with Crippen LogP contribution in [0.2, 0.25) is 0 Å². The average molecular weight is 258 g/mol. The van der Waals surface area contributed by atoms with Gasteiger partial charge >= 0.3 is 0 Å². The van der Waals surface area contributed by atoms with Gasteiger partial charge in [-0.25, -0.2) is 0 Å². The van der Waals surface area contributed by atoms with Crippen molar-refractivity contribution in [2.75, 3.05) is 6.61 Å². The molecule has 19 heavy (non-hydrogen) atoms. The van der Waals surface area contributed by atoms with Crippen molar-refractivity contribution < 1.29 is 9.84 Å². The molecule has 0 aliphatic rings. The van der Waals surface area contributed by atoms with E-state index in [-0.39, 0.29) is 5.75 Å². The number of hydrogen-bond acceptors (Lipinski definition) is 4. The number of benzene rings is 1. The second-order valence-corrected chi connectivity index (χ2v) is 4.37. The van der Waals surface area contributed by atoms with Gasteiger partial charge in [-0.2, -0.15) is 0 Å². The van der Waals surface area contributed by atoms with E-state index in [1.807, 2.05) is 37.3 Å². The monoisotopic (exact) mass is 258 g/mol. The summed E-state index contributed by atoms with van der Waals surface area (Å²) in [7, 11) is 0. The minimum atomic E-state index is 0.145. The highest BCUT2D eigenvalue weighted by molar-refractivity contribution is 5.32. The van der Waals surface area contributed by atoms with Crippen LogP contribution in [0.15, 0.2) is 36.5 Å². The molecule has 0 bridgehead atoms. The highest BCUT2D eigenvalue weighted by Gasteiger charge is 2.03.